The van der Waals surface area contributed by atoms with E-state index >= 15 is 0 Å². The Bertz CT molecular complexity index is 1020. The van der Waals surface area contributed by atoms with E-state index in [1.54, 1.807) is 0 Å². The average molecular weight is 410 g/mol. The van der Waals surface area contributed by atoms with Crippen LogP contribution in [0, 0.1) is 6.92 Å². The number of nitrogens with zero attached hydrogens (tertiary/aromatic N) is 3. The summed E-state index contributed by atoms with van der Waals surface area (Å²) in [6.45, 7) is 6.14. The Morgan fingerprint density at radius 1 is 1.28 bits per heavy atom. The average Bonchev–Trinajstić information content (AvgIpc) is 3.28. The number of ether oxygens (including phenoxy) is 1. The molecule has 4 rings (SSSR count). The molecule has 2 aromatic carbocycles. The van der Waals surface area contributed by atoms with E-state index in [0.717, 1.165) is 23.4 Å². The highest BCUT2D eigenvalue weighted by Gasteiger charge is 2.34. The van der Waals surface area contributed by atoms with E-state index in [2.05, 4.69) is 23.2 Å². The molecule has 1 amide bonds. The van der Waals surface area contributed by atoms with Gasteiger partial charge in [-0.3, -0.25) is 4.79 Å². The molecular weight excluding hydrogens is 386 g/mol. The number of rotatable bonds is 6. The van der Waals surface area contributed by atoms with Crippen LogP contribution in [0.1, 0.15) is 30.9 Å². The molecule has 0 radical (unpaired) electrons. The Morgan fingerprint density at radius 2 is 2.10 bits per heavy atom. The number of hydrogen-bond donors (Lipinski definition) is 0. The number of anilines is 1. The molecule has 6 nitrogen and oxygen atoms in total. The number of aromatic nitrogens is 2. The number of carbonyl (C=O) groups excluding carboxylic acids is 1. The van der Waals surface area contributed by atoms with Crippen LogP contribution in [-0.4, -0.2) is 27.4 Å². The van der Waals surface area contributed by atoms with E-state index in [-0.39, 0.29) is 23.8 Å². The Labute approximate surface area is 174 Å². The topological polar surface area (TPSA) is 68.5 Å². The zero-order valence-electron chi connectivity index (χ0n) is 16.7. The lowest BCUT2D eigenvalue weighted by molar-refractivity contribution is -0.118. The number of aryl methyl sites for hydroxylation is 1. The van der Waals surface area contributed by atoms with Gasteiger partial charge < -0.3 is 14.1 Å². The van der Waals surface area contributed by atoms with Gasteiger partial charge in [0, 0.05) is 11.7 Å². The standard InChI is InChI=1S/C22H23N3O3S/c1-14-7-6-9-18(11-14)27-13-20-23-24-22(28-20)29-16(3)21(26)25-15(2)12-17-8-4-5-10-19(17)25/h4-11,15-16H,12-13H2,1-3H3. The lowest BCUT2D eigenvalue weighted by Crippen LogP contribution is -2.40. The van der Waals surface area contributed by atoms with Crippen LogP contribution in [0.4, 0.5) is 5.69 Å². The summed E-state index contributed by atoms with van der Waals surface area (Å²) < 4.78 is 11.4. The van der Waals surface area contributed by atoms with Crippen molar-refractivity contribution in [3.8, 4) is 5.75 Å². The minimum absolute atomic E-state index is 0.0446. The summed E-state index contributed by atoms with van der Waals surface area (Å²) in [5.41, 5.74) is 3.32. The van der Waals surface area contributed by atoms with E-state index in [1.165, 1.54) is 17.3 Å². The first-order valence-electron chi connectivity index (χ1n) is 9.61. The number of carbonyl (C=O) groups is 1. The van der Waals surface area contributed by atoms with Crippen molar-refractivity contribution in [3.63, 3.8) is 0 Å². The second-order valence-electron chi connectivity index (χ2n) is 7.22. The minimum Gasteiger partial charge on any atom is -0.484 e. The van der Waals surface area contributed by atoms with Gasteiger partial charge in [0.25, 0.3) is 11.1 Å². The van der Waals surface area contributed by atoms with Crippen LogP contribution >= 0.6 is 11.8 Å². The summed E-state index contributed by atoms with van der Waals surface area (Å²) in [5.74, 6) is 1.18. The Morgan fingerprint density at radius 3 is 2.93 bits per heavy atom. The number of fused-ring (bicyclic) bond motifs is 1. The molecule has 0 saturated carbocycles. The van der Waals surface area contributed by atoms with Crippen molar-refractivity contribution in [1.29, 1.82) is 0 Å². The zero-order valence-corrected chi connectivity index (χ0v) is 17.5. The molecule has 0 spiro atoms. The zero-order chi connectivity index (χ0) is 20.4. The minimum atomic E-state index is -0.338. The predicted octanol–water partition coefficient (Wildman–Crippen LogP) is 4.42. The molecule has 0 fully saturated rings. The fourth-order valence-corrected chi connectivity index (χ4v) is 4.24. The maximum atomic E-state index is 13.1. The first kappa shape index (κ1) is 19.5. The Balaban J connectivity index is 1.38. The van der Waals surface area contributed by atoms with Gasteiger partial charge in [-0.25, -0.2) is 0 Å². The van der Waals surface area contributed by atoms with E-state index in [9.17, 15) is 4.79 Å². The van der Waals surface area contributed by atoms with Gasteiger partial charge in [-0.05, 0) is 56.5 Å². The SMILES string of the molecule is Cc1cccc(OCc2nnc(SC(C)C(=O)N3c4ccccc4CC3C)o2)c1. The number of para-hydroxylation sites is 1. The maximum absolute atomic E-state index is 13.1. The molecule has 7 heteroatoms. The molecule has 2 unspecified atom stereocenters. The van der Waals surface area contributed by atoms with Crippen molar-refractivity contribution < 1.29 is 13.9 Å². The largest absolute Gasteiger partial charge is 0.484 e. The maximum Gasteiger partial charge on any atom is 0.277 e. The number of benzene rings is 2. The smallest absolute Gasteiger partial charge is 0.277 e. The second-order valence-corrected chi connectivity index (χ2v) is 8.51. The summed E-state index contributed by atoms with van der Waals surface area (Å²) >= 11 is 1.27. The third-order valence-corrected chi connectivity index (χ3v) is 5.79. The molecule has 1 aliphatic heterocycles. The lowest BCUT2D eigenvalue weighted by Gasteiger charge is -2.25. The van der Waals surface area contributed by atoms with Gasteiger partial charge in [0.15, 0.2) is 6.61 Å². The van der Waals surface area contributed by atoms with Gasteiger partial charge in [-0.15, -0.1) is 10.2 Å². The molecule has 29 heavy (non-hydrogen) atoms. The molecule has 2 heterocycles. The van der Waals surface area contributed by atoms with Crippen LogP contribution in [0.15, 0.2) is 58.2 Å². The third-order valence-electron chi connectivity index (χ3n) is 4.87. The summed E-state index contributed by atoms with van der Waals surface area (Å²) in [5, 5.41) is 8.11. The van der Waals surface area contributed by atoms with Gasteiger partial charge in [0.1, 0.15) is 5.75 Å². The highest BCUT2D eigenvalue weighted by Crippen LogP contribution is 2.34. The normalized spacial score (nSPS) is 16.5. The van der Waals surface area contributed by atoms with Gasteiger partial charge in [0.2, 0.25) is 5.91 Å². The first-order chi connectivity index (χ1) is 14.0. The number of thioether (sulfide) groups is 1. The van der Waals surface area contributed by atoms with E-state index in [1.807, 2.05) is 61.2 Å². The fraction of sp³-hybridized carbons (Fsp3) is 0.318. The highest BCUT2D eigenvalue weighted by atomic mass is 32.2. The Kier molecular flexibility index (Phi) is 5.58. The number of amides is 1. The second kappa shape index (κ2) is 8.29. The van der Waals surface area contributed by atoms with Crippen LogP contribution in [0.25, 0.3) is 0 Å². The quantitative estimate of drug-likeness (QED) is 0.562. The van der Waals surface area contributed by atoms with Crippen molar-refractivity contribution in [2.75, 3.05) is 4.90 Å². The lowest BCUT2D eigenvalue weighted by atomic mass is 10.1. The molecule has 0 saturated heterocycles. The van der Waals surface area contributed by atoms with Crippen LogP contribution in [0.2, 0.25) is 0 Å². The molecule has 1 aliphatic rings. The summed E-state index contributed by atoms with van der Waals surface area (Å²) in [4.78, 5) is 14.9. The van der Waals surface area contributed by atoms with Gasteiger partial charge >= 0.3 is 0 Å². The monoisotopic (exact) mass is 409 g/mol. The molecule has 3 aromatic rings. The van der Waals surface area contributed by atoms with E-state index in [0.29, 0.717) is 11.1 Å². The van der Waals surface area contributed by atoms with Crippen molar-refractivity contribution >= 4 is 23.4 Å². The highest BCUT2D eigenvalue weighted by molar-refractivity contribution is 8.00. The predicted molar refractivity (Wildman–Crippen MR) is 112 cm³/mol. The molecule has 0 aliphatic carbocycles. The Hall–Kier alpha value is -2.80. The van der Waals surface area contributed by atoms with Crippen molar-refractivity contribution in [2.45, 2.75) is 50.3 Å². The molecule has 0 N–H and O–H groups in total. The molecule has 1 aromatic heterocycles. The fourth-order valence-electron chi connectivity index (χ4n) is 3.49. The van der Waals surface area contributed by atoms with Crippen molar-refractivity contribution in [1.82, 2.24) is 10.2 Å². The third kappa shape index (κ3) is 4.29. The number of hydrogen-bond acceptors (Lipinski definition) is 6. The molecule has 0 bridgehead atoms. The van der Waals surface area contributed by atoms with Crippen LogP contribution in [0.5, 0.6) is 5.75 Å². The van der Waals surface area contributed by atoms with Crippen molar-refractivity contribution in [2.24, 2.45) is 0 Å². The van der Waals surface area contributed by atoms with Crippen LogP contribution < -0.4 is 9.64 Å². The van der Waals surface area contributed by atoms with Crippen molar-refractivity contribution in [3.05, 3.63) is 65.5 Å². The van der Waals surface area contributed by atoms with Gasteiger partial charge in [0.05, 0.1) is 5.25 Å². The van der Waals surface area contributed by atoms with Gasteiger partial charge in [-0.2, -0.15) is 0 Å². The molecule has 150 valence electrons. The van der Waals surface area contributed by atoms with Gasteiger partial charge in [-0.1, -0.05) is 42.1 Å². The molecule has 2 atom stereocenters. The summed E-state index contributed by atoms with van der Waals surface area (Å²) in [6.07, 6.45) is 0.875. The van der Waals surface area contributed by atoms with E-state index < -0.39 is 0 Å². The van der Waals surface area contributed by atoms with Crippen LogP contribution in [-0.2, 0) is 17.8 Å². The summed E-state index contributed by atoms with van der Waals surface area (Å²) in [6, 6.07) is 16.0. The van der Waals surface area contributed by atoms with E-state index in [4.69, 9.17) is 9.15 Å². The summed E-state index contributed by atoms with van der Waals surface area (Å²) in [7, 11) is 0. The first-order valence-corrected chi connectivity index (χ1v) is 10.5. The molecular formula is C22H23N3O3S. The van der Waals surface area contributed by atoms with Crippen LogP contribution in [0.3, 0.4) is 0 Å².